The number of amides is 2. The highest BCUT2D eigenvalue weighted by Gasteiger charge is 2.46. The maximum absolute atomic E-state index is 12.8. The molecule has 148 valence electrons. The molecule has 2 aliphatic rings. The van der Waals surface area contributed by atoms with Crippen molar-refractivity contribution in [2.45, 2.75) is 18.9 Å². The van der Waals surface area contributed by atoms with Crippen LogP contribution in [0.4, 0.5) is 0 Å². The largest absolute Gasteiger partial charge is 0.339 e. The molecule has 1 aliphatic heterocycles. The molecule has 0 N–H and O–H groups in total. The molecule has 1 saturated carbocycles. The first-order valence-corrected chi connectivity index (χ1v) is 10.2. The van der Waals surface area contributed by atoms with E-state index in [-0.39, 0.29) is 24.3 Å². The van der Waals surface area contributed by atoms with Gasteiger partial charge in [-0.1, -0.05) is 42.5 Å². The molecular formula is C23H24N4O2. The van der Waals surface area contributed by atoms with Gasteiger partial charge in [0, 0.05) is 32.1 Å². The van der Waals surface area contributed by atoms with Gasteiger partial charge >= 0.3 is 0 Å². The third kappa shape index (κ3) is 3.50. The van der Waals surface area contributed by atoms with Crippen LogP contribution in [0.3, 0.4) is 0 Å². The molecule has 2 unspecified atom stereocenters. The van der Waals surface area contributed by atoms with Crippen LogP contribution in [-0.2, 0) is 16.1 Å². The highest BCUT2D eigenvalue weighted by Crippen LogP contribution is 2.48. The summed E-state index contributed by atoms with van der Waals surface area (Å²) in [5.41, 5.74) is 3.12. The topological polar surface area (TPSA) is 58.4 Å². The van der Waals surface area contributed by atoms with Crippen LogP contribution in [0.15, 0.2) is 60.9 Å². The minimum absolute atomic E-state index is 0.0776. The summed E-state index contributed by atoms with van der Waals surface area (Å²) in [7, 11) is 0. The molecule has 0 radical (unpaired) electrons. The second-order valence-electron chi connectivity index (χ2n) is 7.93. The van der Waals surface area contributed by atoms with Crippen molar-refractivity contribution >= 4 is 22.8 Å². The van der Waals surface area contributed by atoms with E-state index in [1.165, 1.54) is 5.56 Å². The fourth-order valence-corrected chi connectivity index (χ4v) is 4.33. The lowest BCUT2D eigenvalue weighted by molar-refractivity contribution is -0.140. The number of imidazole rings is 1. The maximum Gasteiger partial charge on any atom is 0.242 e. The van der Waals surface area contributed by atoms with E-state index in [1.54, 1.807) is 6.33 Å². The molecule has 29 heavy (non-hydrogen) atoms. The van der Waals surface area contributed by atoms with E-state index in [2.05, 4.69) is 17.1 Å². The van der Waals surface area contributed by atoms with E-state index in [4.69, 9.17) is 0 Å². The number of carbonyl (C=O) groups excluding carboxylic acids is 2. The van der Waals surface area contributed by atoms with Gasteiger partial charge in [-0.15, -0.1) is 0 Å². The monoisotopic (exact) mass is 388 g/mol. The SMILES string of the molecule is O=C(Cn1cnc2ccccc21)N1CCN(C(=O)C2CC2c2ccccc2)CC1. The number of para-hydroxylation sites is 2. The summed E-state index contributed by atoms with van der Waals surface area (Å²) in [6.45, 7) is 2.72. The maximum atomic E-state index is 12.8. The molecule has 2 amide bonds. The van der Waals surface area contributed by atoms with Crippen LogP contribution < -0.4 is 0 Å². The Bertz CT molecular complexity index is 1040. The molecule has 2 fully saturated rings. The Morgan fingerprint density at radius 1 is 0.897 bits per heavy atom. The minimum Gasteiger partial charge on any atom is -0.339 e. The van der Waals surface area contributed by atoms with E-state index in [0.717, 1.165) is 17.5 Å². The molecule has 0 bridgehead atoms. The van der Waals surface area contributed by atoms with Gasteiger partial charge in [0.05, 0.1) is 17.4 Å². The van der Waals surface area contributed by atoms with Crippen LogP contribution in [-0.4, -0.2) is 57.3 Å². The summed E-state index contributed by atoms with van der Waals surface area (Å²) >= 11 is 0. The van der Waals surface area contributed by atoms with Crippen LogP contribution >= 0.6 is 0 Å². The smallest absolute Gasteiger partial charge is 0.242 e. The Balaban J connectivity index is 1.15. The first kappa shape index (κ1) is 17.9. The molecule has 1 saturated heterocycles. The first-order valence-electron chi connectivity index (χ1n) is 10.2. The zero-order chi connectivity index (χ0) is 19.8. The van der Waals surface area contributed by atoms with Crippen molar-refractivity contribution in [2.75, 3.05) is 26.2 Å². The van der Waals surface area contributed by atoms with Crippen molar-refractivity contribution in [1.29, 1.82) is 0 Å². The van der Waals surface area contributed by atoms with Gasteiger partial charge in [0.1, 0.15) is 6.54 Å². The normalized spacial score (nSPS) is 21.4. The summed E-state index contributed by atoms with van der Waals surface area (Å²) in [5.74, 6) is 0.787. The standard InChI is InChI=1S/C23H24N4O2/c28-22(15-27-16-24-20-8-4-5-9-21(20)27)25-10-12-26(13-11-25)23(29)19-14-18(19)17-6-2-1-3-7-17/h1-9,16,18-19H,10-15H2. The lowest BCUT2D eigenvalue weighted by atomic mass is 10.1. The van der Waals surface area contributed by atoms with Crippen LogP contribution in [0.1, 0.15) is 17.9 Å². The second-order valence-corrected chi connectivity index (χ2v) is 7.93. The molecule has 6 heteroatoms. The fourth-order valence-electron chi connectivity index (χ4n) is 4.33. The van der Waals surface area contributed by atoms with Crippen molar-refractivity contribution in [2.24, 2.45) is 5.92 Å². The Morgan fingerprint density at radius 3 is 2.38 bits per heavy atom. The lowest BCUT2D eigenvalue weighted by Crippen LogP contribution is -2.51. The number of nitrogens with zero attached hydrogens (tertiary/aromatic N) is 4. The predicted octanol–water partition coefficient (Wildman–Crippen LogP) is 2.51. The number of aromatic nitrogens is 2. The van der Waals surface area contributed by atoms with E-state index in [1.807, 2.05) is 56.8 Å². The molecule has 2 atom stereocenters. The molecule has 6 nitrogen and oxygen atoms in total. The summed E-state index contributed by atoms with van der Waals surface area (Å²) < 4.78 is 1.89. The van der Waals surface area contributed by atoms with Crippen molar-refractivity contribution in [3.05, 3.63) is 66.5 Å². The van der Waals surface area contributed by atoms with Gasteiger partial charge in [-0.05, 0) is 30.0 Å². The average molecular weight is 388 g/mol. The molecule has 0 spiro atoms. The fraction of sp³-hybridized carbons (Fsp3) is 0.348. The highest BCUT2D eigenvalue weighted by molar-refractivity contribution is 5.84. The van der Waals surface area contributed by atoms with Crippen LogP contribution in [0, 0.1) is 5.92 Å². The van der Waals surface area contributed by atoms with Gasteiger partial charge < -0.3 is 14.4 Å². The number of hydrogen-bond donors (Lipinski definition) is 0. The number of carbonyl (C=O) groups is 2. The van der Waals surface area contributed by atoms with Gasteiger partial charge in [0.25, 0.3) is 0 Å². The number of benzene rings is 2. The average Bonchev–Trinajstić information content (AvgIpc) is 3.49. The van der Waals surface area contributed by atoms with Crippen molar-refractivity contribution in [3.8, 4) is 0 Å². The van der Waals surface area contributed by atoms with E-state index in [0.29, 0.717) is 32.1 Å². The van der Waals surface area contributed by atoms with Gasteiger partial charge in [-0.25, -0.2) is 4.98 Å². The lowest BCUT2D eigenvalue weighted by Gasteiger charge is -2.35. The van der Waals surface area contributed by atoms with Gasteiger partial charge in [0.2, 0.25) is 11.8 Å². The minimum atomic E-state index is 0.0776. The molecule has 1 aromatic heterocycles. The number of hydrogen-bond acceptors (Lipinski definition) is 3. The molecular weight excluding hydrogens is 364 g/mol. The van der Waals surface area contributed by atoms with E-state index < -0.39 is 0 Å². The quantitative estimate of drug-likeness (QED) is 0.690. The van der Waals surface area contributed by atoms with Crippen LogP contribution in [0.2, 0.25) is 0 Å². The third-order valence-corrected chi connectivity index (χ3v) is 6.11. The van der Waals surface area contributed by atoms with Crippen LogP contribution in [0.5, 0.6) is 0 Å². The van der Waals surface area contributed by atoms with Crippen molar-refractivity contribution < 1.29 is 9.59 Å². The summed E-state index contributed by atoms with van der Waals surface area (Å²) in [6.07, 6.45) is 2.66. The van der Waals surface area contributed by atoms with Crippen molar-refractivity contribution in [3.63, 3.8) is 0 Å². The summed E-state index contributed by atoms with van der Waals surface area (Å²) in [4.78, 5) is 33.7. The number of rotatable bonds is 4. The Morgan fingerprint density at radius 2 is 1.59 bits per heavy atom. The first-order chi connectivity index (χ1) is 14.2. The molecule has 1 aliphatic carbocycles. The number of fused-ring (bicyclic) bond motifs is 1. The third-order valence-electron chi connectivity index (χ3n) is 6.11. The summed E-state index contributed by atoms with van der Waals surface area (Å²) in [5, 5.41) is 0. The molecule has 5 rings (SSSR count). The van der Waals surface area contributed by atoms with Gasteiger partial charge in [0.15, 0.2) is 0 Å². The van der Waals surface area contributed by atoms with Crippen LogP contribution in [0.25, 0.3) is 11.0 Å². The molecule has 2 heterocycles. The Hall–Kier alpha value is -3.15. The second kappa shape index (κ2) is 7.35. The van der Waals surface area contributed by atoms with Crippen molar-refractivity contribution in [1.82, 2.24) is 19.4 Å². The van der Waals surface area contributed by atoms with E-state index >= 15 is 0 Å². The Labute approximate surface area is 169 Å². The number of piperazine rings is 1. The van der Waals surface area contributed by atoms with Gasteiger partial charge in [-0.2, -0.15) is 0 Å². The zero-order valence-corrected chi connectivity index (χ0v) is 16.3. The molecule has 3 aromatic rings. The Kier molecular flexibility index (Phi) is 4.54. The predicted molar refractivity (Wildman–Crippen MR) is 110 cm³/mol. The summed E-state index contributed by atoms with van der Waals surface area (Å²) in [6, 6.07) is 18.1. The highest BCUT2D eigenvalue weighted by atomic mass is 16.2. The molecule has 2 aromatic carbocycles. The van der Waals surface area contributed by atoms with E-state index in [9.17, 15) is 9.59 Å². The van der Waals surface area contributed by atoms with Gasteiger partial charge in [-0.3, -0.25) is 9.59 Å². The zero-order valence-electron chi connectivity index (χ0n) is 16.3.